The number of nitrogens with one attached hydrogen (secondary N) is 1. The molecule has 0 spiro atoms. The molecule has 3 rings (SSSR count). The quantitative estimate of drug-likeness (QED) is 0.749. The first-order valence-electron chi connectivity index (χ1n) is 7.83. The molecule has 7 heteroatoms. The van der Waals surface area contributed by atoms with Crippen LogP contribution >= 0.6 is 0 Å². The molecule has 2 aliphatic rings. The number of rotatable bonds is 4. The van der Waals surface area contributed by atoms with Gasteiger partial charge >= 0.3 is 0 Å². The van der Waals surface area contributed by atoms with Crippen molar-refractivity contribution in [3.8, 4) is 0 Å². The zero-order chi connectivity index (χ0) is 15.7. The van der Waals surface area contributed by atoms with Crippen molar-refractivity contribution in [2.75, 3.05) is 0 Å². The zero-order valence-corrected chi connectivity index (χ0v) is 12.5. The molecule has 7 nitrogen and oxygen atoms in total. The first-order valence-corrected chi connectivity index (χ1v) is 7.83. The lowest BCUT2D eigenvalue weighted by Gasteiger charge is -2.43. The highest BCUT2D eigenvalue weighted by Gasteiger charge is 2.40. The average molecular weight is 306 g/mol. The standard InChI is InChI=1S/C15H22N4O3/c16-13-8-2-1-3-9(13)5-10(4-8)15(21)18-7-11-6-12(14(17)20)19-22-11/h6,8-10,13H,1-5,7,16H2,(H2,17,20)(H,18,21). The van der Waals surface area contributed by atoms with Gasteiger partial charge in [-0.15, -0.1) is 0 Å². The molecular formula is C15H22N4O3. The van der Waals surface area contributed by atoms with Crippen LogP contribution in [0.1, 0.15) is 48.4 Å². The van der Waals surface area contributed by atoms with Crippen LogP contribution in [0.25, 0.3) is 0 Å². The molecule has 0 aromatic carbocycles. The van der Waals surface area contributed by atoms with Crippen molar-refractivity contribution in [2.45, 2.75) is 44.7 Å². The highest BCUT2D eigenvalue weighted by molar-refractivity contribution is 5.90. The zero-order valence-electron chi connectivity index (χ0n) is 12.5. The lowest BCUT2D eigenvalue weighted by atomic mass is 9.65. The van der Waals surface area contributed by atoms with E-state index < -0.39 is 5.91 Å². The normalized spacial score (nSPS) is 30.8. The number of aromatic nitrogens is 1. The van der Waals surface area contributed by atoms with Gasteiger partial charge in [-0.05, 0) is 37.5 Å². The van der Waals surface area contributed by atoms with E-state index in [4.69, 9.17) is 16.0 Å². The van der Waals surface area contributed by atoms with Crippen LogP contribution in [-0.2, 0) is 11.3 Å². The third-order valence-electron chi connectivity index (χ3n) is 5.03. The molecule has 22 heavy (non-hydrogen) atoms. The van der Waals surface area contributed by atoms with Gasteiger partial charge in [0, 0.05) is 18.0 Å². The van der Waals surface area contributed by atoms with Crippen LogP contribution in [0.2, 0.25) is 0 Å². The van der Waals surface area contributed by atoms with Gasteiger partial charge < -0.3 is 21.3 Å². The van der Waals surface area contributed by atoms with E-state index in [1.165, 1.54) is 12.5 Å². The Labute approximate surface area is 128 Å². The van der Waals surface area contributed by atoms with E-state index in [1.807, 2.05) is 0 Å². The minimum absolute atomic E-state index is 0.0219. The molecule has 2 fully saturated rings. The first kappa shape index (κ1) is 15.0. The fourth-order valence-electron chi connectivity index (χ4n) is 3.83. The minimum Gasteiger partial charge on any atom is -0.364 e. The lowest BCUT2D eigenvalue weighted by molar-refractivity contribution is -0.128. The Morgan fingerprint density at radius 1 is 1.32 bits per heavy atom. The molecule has 120 valence electrons. The number of carbonyl (C=O) groups is 2. The van der Waals surface area contributed by atoms with Crippen molar-refractivity contribution in [3.05, 3.63) is 17.5 Å². The Balaban J connectivity index is 1.54. The summed E-state index contributed by atoms with van der Waals surface area (Å²) in [6.45, 7) is 0.219. The first-order chi connectivity index (χ1) is 10.5. The number of fused-ring (bicyclic) bond motifs is 2. The SMILES string of the molecule is NC(=O)c1cc(CNC(=O)C2CC3CCCC(C2)C3N)on1. The third-order valence-corrected chi connectivity index (χ3v) is 5.03. The minimum atomic E-state index is -0.643. The molecular weight excluding hydrogens is 284 g/mol. The summed E-state index contributed by atoms with van der Waals surface area (Å²) >= 11 is 0. The molecule has 1 aromatic rings. The van der Waals surface area contributed by atoms with E-state index in [9.17, 15) is 9.59 Å². The summed E-state index contributed by atoms with van der Waals surface area (Å²) in [6, 6.07) is 1.71. The molecule has 2 aliphatic carbocycles. The fourth-order valence-corrected chi connectivity index (χ4v) is 3.83. The Hall–Kier alpha value is -1.89. The number of nitrogens with two attached hydrogens (primary N) is 2. The summed E-state index contributed by atoms with van der Waals surface area (Å²) < 4.78 is 4.97. The number of hydrogen-bond donors (Lipinski definition) is 3. The van der Waals surface area contributed by atoms with Crippen LogP contribution in [0.15, 0.2) is 10.6 Å². The van der Waals surface area contributed by atoms with Gasteiger partial charge in [0.15, 0.2) is 11.5 Å². The van der Waals surface area contributed by atoms with Gasteiger partial charge in [0.25, 0.3) is 5.91 Å². The maximum Gasteiger partial charge on any atom is 0.270 e. The summed E-state index contributed by atoms with van der Waals surface area (Å²) in [4.78, 5) is 23.3. The second kappa shape index (κ2) is 6.08. The fraction of sp³-hybridized carbons (Fsp3) is 0.667. The summed E-state index contributed by atoms with van der Waals surface area (Å²) in [5.41, 5.74) is 11.4. The number of primary amides is 1. The lowest BCUT2D eigenvalue weighted by Crippen LogP contribution is -2.49. The average Bonchev–Trinajstić information content (AvgIpc) is 2.93. The molecule has 2 atom stereocenters. The van der Waals surface area contributed by atoms with Gasteiger partial charge in [-0.3, -0.25) is 9.59 Å². The summed E-state index contributed by atoms with van der Waals surface area (Å²) in [7, 11) is 0. The maximum absolute atomic E-state index is 12.3. The van der Waals surface area contributed by atoms with Crippen molar-refractivity contribution >= 4 is 11.8 Å². The van der Waals surface area contributed by atoms with Crippen molar-refractivity contribution in [1.29, 1.82) is 0 Å². The topological polar surface area (TPSA) is 124 Å². The van der Waals surface area contributed by atoms with Gasteiger partial charge in [-0.25, -0.2) is 0 Å². The number of amides is 2. The van der Waals surface area contributed by atoms with E-state index in [-0.39, 0.29) is 30.1 Å². The van der Waals surface area contributed by atoms with Crippen LogP contribution in [0.4, 0.5) is 0 Å². The largest absolute Gasteiger partial charge is 0.364 e. The maximum atomic E-state index is 12.3. The molecule has 5 N–H and O–H groups in total. The molecule has 2 amide bonds. The van der Waals surface area contributed by atoms with Crippen molar-refractivity contribution < 1.29 is 14.1 Å². The van der Waals surface area contributed by atoms with Crippen LogP contribution in [-0.4, -0.2) is 23.0 Å². The van der Waals surface area contributed by atoms with Crippen LogP contribution < -0.4 is 16.8 Å². The Kier molecular flexibility index (Phi) is 4.15. The molecule has 2 bridgehead atoms. The molecule has 2 unspecified atom stereocenters. The van der Waals surface area contributed by atoms with Gasteiger partial charge in [-0.2, -0.15) is 0 Å². The molecule has 1 heterocycles. The predicted molar refractivity (Wildman–Crippen MR) is 78.4 cm³/mol. The highest BCUT2D eigenvalue weighted by atomic mass is 16.5. The van der Waals surface area contributed by atoms with Crippen LogP contribution in [0, 0.1) is 17.8 Å². The van der Waals surface area contributed by atoms with Crippen LogP contribution in [0.3, 0.4) is 0 Å². The number of nitrogens with zero attached hydrogens (tertiary/aromatic N) is 1. The van der Waals surface area contributed by atoms with Crippen LogP contribution in [0.5, 0.6) is 0 Å². The Morgan fingerprint density at radius 3 is 2.59 bits per heavy atom. The monoisotopic (exact) mass is 306 g/mol. The van der Waals surface area contributed by atoms with Gasteiger partial charge in [0.05, 0.1) is 6.54 Å². The Morgan fingerprint density at radius 2 is 2.00 bits per heavy atom. The number of hydrogen-bond acceptors (Lipinski definition) is 5. The summed E-state index contributed by atoms with van der Waals surface area (Å²) in [5.74, 6) is 0.768. The van der Waals surface area contributed by atoms with Gasteiger partial charge in [0.1, 0.15) is 0 Å². The molecule has 0 saturated heterocycles. The molecule has 0 radical (unpaired) electrons. The van der Waals surface area contributed by atoms with Gasteiger partial charge in [-0.1, -0.05) is 11.6 Å². The van der Waals surface area contributed by atoms with E-state index >= 15 is 0 Å². The van der Waals surface area contributed by atoms with E-state index in [0.717, 1.165) is 25.7 Å². The Bertz CT molecular complexity index is 557. The highest BCUT2D eigenvalue weighted by Crippen LogP contribution is 2.41. The number of carbonyl (C=O) groups excluding carboxylic acids is 2. The molecule has 1 aromatic heterocycles. The molecule has 0 aliphatic heterocycles. The summed E-state index contributed by atoms with van der Waals surface area (Å²) in [6.07, 6.45) is 5.22. The second-order valence-corrected chi connectivity index (χ2v) is 6.46. The predicted octanol–water partition coefficient (Wildman–Crippen LogP) is 0.543. The smallest absolute Gasteiger partial charge is 0.270 e. The third kappa shape index (κ3) is 2.99. The van der Waals surface area contributed by atoms with E-state index in [1.54, 1.807) is 0 Å². The van der Waals surface area contributed by atoms with Gasteiger partial charge in [0.2, 0.25) is 5.91 Å². The summed E-state index contributed by atoms with van der Waals surface area (Å²) in [5, 5.41) is 6.40. The van der Waals surface area contributed by atoms with E-state index in [0.29, 0.717) is 17.6 Å². The van der Waals surface area contributed by atoms with Crippen molar-refractivity contribution in [2.24, 2.45) is 29.2 Å². The molecule has 2 saturated carbocycles. The van der Waals surface area contributed by atoms with Crippen molar-refractivity contribution in [3.63, 3.8) is 0 Å². The van der Waals surface area contributed by atoms with Crippen molar-refractivity contribution in [1.82, 2.24) is 10.5 Å². The second-order valence-electron chi connectivity index (χ2n) is 6.46. The van der Waals surface area contributed by atoms with E-state index in [2.05, 4.69) is 10.5 Å².